The third-order valence-corrected chi connectivity index (χ3v) is 3.69. The van der Waals surface area contributed by atoms with E-state index in [1.54, 1.807) is 25.1 Å². The van der Waals surface area contributed by atoms with E-state index in [2.05, 4.69) is 11.3 Å². The predicted octanol–water partition coefficient (Wildman–Crippen LogP) is 1.67. The molecule has 1 aromatic rings. The minimum atomic E-state index is -3.62. The number of esters is 1. The van der Waals surface area contributed by atoms with E-state index in [1.807, 2.05) is 0 Å². The maximum Gasteiger partial charge on any atom is 0.321 e. The fraction of sp³-hybridized carbons (Fsp3) is 0.250. The van der Waals surface area contributed by atoms with Crippen LogP contribution in [-0.2, 0) is 19.4 Å². The SMILES string of the molecule is C=Cc1ccc(S(=O)(=O)CC(=O)OCC)cc1. The van der Waals surface area contributed by atoms with Gasteiger partial charge in [0, 0.05) is 0 Å². The molecule has 0 amide bonds. The lowest BCUT2D eigenvalue weighted by molar-refractivity contribution is -0.139. The van der Waals surface area contributed by atoms with Crippen LogP contribution >= 0.6 is 0 Å². The van der Waals surface area contributed by atoms with Gasteiger partial charge in [0.05, 0.1) is 11.5 Å². The molecule has 0 heterocycles. The van der Waals surface area contributed by atoms with Crippen molar-refractivity contribution in [1.29, 1.82) is 0 Å². The summed E-state index contributed by atoms with van der Waals surface area (Å²) < 4.78 is 28.2. The number of sulfone groups is 1. The van der Waals surface area contributed by atoms with Crippen molar-refractivity contribution in [3.8, 4) is 0 Å². The van der Waals surface area contributed by atoms with Crippen LogP contribution < -0.4 is 0 Å². The Morgan fingerprint density at radius 2 is 1.94 bits per heavy atom. The van der Waals surface area contributed by atoms with E-state index in [9.17, 15) is 13.2 Å². The highest BCUT2D eigenvalue weighted by molar-refractivity contribution is 7.92. The van der Waals surface area contributed by atoms with E-state index in [-0.39, 0.29) is 11.5 Å². The summed E-state index contributed by atoms with van der Waals surface area (Å²) in [6.45, 7) is 5.37. The molecule has 0 saturated carbocycles. The normalized spacial score (nSPS) is 10.9. The standard InChI is InChI=1S/C12H14O4S/c1-3-10-5-7-11(8-6-10)17(14,15)9-12(13)16-4-2/h3,5-8H,1,4,9H2,2H3. The smallest absolute Gasteiger partial charge is 0.321 e. The van der Waals surface area contributed by atoms with Gasteiger partial charge in [-0.2, -0.15) is 0 Å². The van der Waals surface area contributed by atoms with Crippen LogP contribution in [0.25, 0.3) is 6.08 Å². The zero-order valence-corrected chi connectivity index (χ0v) is 10.4. The fourth-order valence-electron chi connectivity index (χ4n) is 1.25. The van der Waals surface area contributed by atoms with Crippen LogP contribution in [-0.4, -0.2) is 26.7 Å². The first-order valence-electron chi connectivity index (χ1n) is 5.10. The molecule has 1 aromatic carbocycles. The molecule has 0 aliphatic heterocycles. The van der Waals surface area contributed by atoms with E-state index < -0.39 is 21.6 Å². The second kappa shape index (κ2) is 5.63. The van der Waals surface area contributed by atoms with Crippen LogP contribution in [0.4, 0.5) is 0 Å². The third-order valence-electron chi connectivity index (χ3n) is 2.09. The molecule has 0 spiro atoms. The Hall–Kier alpha value is -1.62. The molecule has 17 heavy (non-hydrogen) atoms. The number of benzene rings is 1. The zero-order chi connectivity index (χ0) is 12.9. The lowest BCUT2D eigenvalue weighted by atomic mass is 10.2. The summed E-state index contributed by atoms with van der Waals surface area (Å²) in [6, 6.07) is 6.16. The van der Waals surface area contributed by atoms with E-state index in [0.29, 0.717) is 0 Å². The monoisotopic (exact) mass is 254 g/mol. The summed E-state index contributed by atoms with van der Waals surface area (Å²) in [5.74, 6) is -1.37. The van der Waals surface area contributed by atoms with Crippen LogP contribution in [0.5, 0.6) is 0 Å². The van der Waals surface area contributed by atoms with E-state index >= 15 is 0 Å². The molecule has 0 aliphatic rings. The molecule has 5 heteroatoms. The van der Waals surface area contributed by atoms with Gasteiger partial charge in [-0.05, 0) is 24.6 Å². The number of ether oxygens (including phenoxy) is 1. The van der Waals surface area contributed by atoms with Gasteiger partial charge in [-0.25, -0.2) is 8.42 Å². The molecule has 0 bridgehead atoms. The fourth-order valence-corrected chi connectivity index (χ4v) is 2.36. The molecule has 0 N–H and O–H groups in total. The summed E-state index contributed by atoms with van der Waals surface area (Å²) >= 11 is 0. The van der Waals surface area contributed by atoms with Gasteiger partial charge in [0.1, 0.15) is 0 Å². The Balaban J connectivity index is 2.89. The van der Waals surface area contributed by atoms with Crippen LogP contribution in [0.2, 0.25) is 0 Å². The predicted molar refractivity (Wildman–Crippen MR) is 65.2 cm³/mol. The first-order chi connectivity index (χ1) is 7.99. The zero-order valence-electron chi connectivity index (χ0n) is 9.55. The summed E-state index contributed by atoms with van der Waals surface area (Å²) in [5.41, 5.74) is 0.820. The van der Waals surface area contributed by atoms with E-state index in [0.717, 1.165) is 5.56 Å². The molecule has 0 radical (unpaired) electrons. The van der Waals surface area contributed by atoms with Crippen molar-refractivity contribution >= 4 is 21.9 Å². The largest absolute Gasteiger partial charge is 0.465 e. The van der Waals surface area contributed by atoms with Crippen LogP contribution in [0.1, 0.15) is 12.5 Å². The Kier molecular flexibility index (Phi) is 4.45. The number of carbonyl (C=O) groups excluding carboxylic acids is 1. The molecule has 4 nitrogen and oxygen atoms in total. The van der Waals surface area contributed by atoms with Crippen LogP contribution in [0.3, 0.4) is 0 Å². The van der Waals surface area contributed by atoms with Gasteiger partial charge in [-0.15, -0.1) is 0 Å². The van der Waals surface area contributed by atoms with Gasteiger partial charge in [-0.1, -0.05) is 24.8 Å². The highest BCUT2D eigenvalue weighted by Crippen LogP contribution is 2.13. The van der Waals surface area contributed by atoms with Crippen molar-refractivity contribution in [3.05, 3.63) is 36.4 Å². The Morgan fingerprint density at radius 1 is 1.35 bits per heavy atom. The van der Waals surface area contributed by atoms with E-state index in [1.165, 1.54) is 12.1 Å². The molecule has 0 fully saturated rings. The first kappa shape index (κ1) is 13.4. The Morgan fingerprint density at radius 3 is 2.41 bits per heavy atom. The minimum Gasteiger partial charge on any atom is -0.465 e. The van der Waals surface area contributed by atoms with Crippen LogP contribution in [0, 0.1) is 0 Å². The summed E-state index contributed by atoms with van der Waals surface area (Å²) in [6.07, 6.45) is 1.61. The lowest BCUT2D eigenvalue weighted by Crippen LogP contribution is -2.18. The van der Waals surface area contributed by atoms with Crippen molar-refractivity contribution in [2.45, 2.75) is 11.8 Å². The topological polar surface area (TPSA) is 60.4 Å². The molecule has 0 aliphatic carbocycles. The highest BCUT2D eigenvalue weighted by atomic mass is 32.2. The van der Waals surface area contributed by atoms with Crippen molar-refractivity contribution in [1.82, 2.24) is 0 Å². The molecule has 1 rings (SSSR count). The average molecular weight is 254 g/mol. The van der Waals surface area contributed by atoms with Crippen LogP contribution in [0.15, 0.2) is 35.7 Å². The average Bonchev–Trinajstić information content (AvgIpc) is 2.28. The van der Waals surface area contributed by atoms with Crippen molar-refractivity contribution < 1.29 is 17.9 Å². The summed E-state index contributed by atoms with van der Waals surface area (Å²) in [4.78, 5) is 11.2. The molecule has 0 atom stereocenters. The van der Waals surface area contributed by atoms with Gasteiger partial charge < -0.3 is 4.74 Å². The highest BCUT2D eigenvalue weighted by Gasteiger charge is 2.19. The van der Waals surface area contributed by atoms with Gasteiger partial charge in [-0.3, -0.25) is 4.79 Å². The number of rotatable bonds is 5. The Labute approximate surface area is 101 Å². The Bertz CT molecular complexity index is 500. The van der Waals surface area contributed by atoms with Crippen molar-refractivity contribution in [2.24, 2.45) is 0 Å². The number of hydrogen-bond donors (Lipinski definition) is 0. The molecular formula is C12H14O4S. The molecule has 0 unspecified atom stereocenters. The summed E-state index contributed by atoms with van der Waals surface area (Å²) in [5, 5.41) is 0. The van der Waals surface area contributed by atoms with Gasteiger partial charge in [0.15, 0.2) is 15.6 Å². The van der Waals surface area contributed by atoms with Gasteiger partial charge >= 0.3 is 5.97 Å². The molecular weight excluding hydrogens is 240 g/mol. The number of hydrogen-bond acceptors (Lipinski definition) is 4. The molecule has 92 valence electrons. The second-order valence-corrected chi connectivity index (χ2v) is 5.33. The second-order valence-electron chi connectivity index (χ2n) is 3.34. The maximum atomic E-state index is 11.8. The molecule has 0 saturated heterocycles. The summed E-state index contributed by atoms with van der Waals surface area (Å²) in [7, 11) is -3.62. The van der Waals surface area contributed by atoms with Crippen molar-refractivity contribution in [2.75, 3.05) is 12.4 Å². The lowest BCUT2D eigenvalue weighted by Gasteiger charge is -2.04. The molecule has 0 aromatic heterocycles. The quantitative estimate of drug-likeness (QED) is 0.750. The van der Waals surface area contributed by atoms with Crippen molar-refractivity contribution in [3.63, 3.8) is 0 Å². The maximum absolute atomic E-state index is 11.8. The number of carbonyl (C=O) groups is 1. The van der Waals surface area contributed by atoms with Gasteiger partial charge in [0.25, 0.3) is 0 Å². The minimum absolute atomic E-state index is 0.108. The first-order valence-corrected chi connectivity index (χ1v) is 6.75. The van der Waals surface area contributed by atoms with E-state index in [4.69, 9.17) is 0 Å². The third kappa shape index (κ3) is 3.71. The van der Waals surface area contributed by atoms with Gasteiger partial charge in [0.2, 0.25) is 0 Å².